The van der Waals surface area contributed by atoms with Gasteiger partial charge in [-0.25, -0.2) is 0 Å². The second-order valence-electron chi connectivity index (χ2n) is 5.06. The first-order valence-corrected chi connectivity index (χ1v) is 6.31. The lowest BCUT2D eigenvalue weighted by molar-refractivity contribution is -0.933. The van der Waals surface area contributed by atoms with Crippen molar-refractivity contribution in [3.63, 3.8) is 0 Å². The molecule has 2 heterocycles. The third-order valence-electron chi connectivity index (χ3n) is 3.74. The van der Waals surface area contributed by atoms with E-state index in [0.29, 0.717) is 6.10 Å². The van der Waals surface area contributed by atoms with Gasteiger partial charge in [-0.15, -0.1) is 0 Å². The molecule has 2 aliphatic heterocycles. The molecule has 0 saturated carbocycles. The van der Waals surface area contributed by atoms with Crippen LogP contribution in [0.1, 0.15) is 39.0 Å². The van der Waals surface area contributed by atoms with E-state index in [1.165, 1.54) is 62.8 Å². The van der Waals surface area contributed by atoms with Gasteiger partial charge in [-0.05, 0) is 25.7 Å². The van der Waals surface area contributed by atoms with Crippen molar-refractivity contribution in [2.24, 2.45) is 0 Å². The molecule has 0 amide bonds. The van der Waals surface area contributed by atoms with Crippen molar-refractivity contribution in [1.82, 2.24) is 0 Å². The van der Waals surface area contributed by atoms with E-state index >= 15 is 0 Å². The SMILES string of the molecule is CCCC[N+]1(CC2CO2)CCCCC1.[Br-]. The lowest BCUT2D eigenvalue weighted by Crippen LogP contribution is -3.00. The molecular formula is C12H24BrNO. The van der Waals surface area contributed by atoms with Crippen LogP contribution in [0.3, 0.4) is 0 Å². The Kier molecular flexibility index (Phi) is 5.58. The van der Waals surface area contributed by atoms with Crippen LogP contribution in [-0.4, -0.2) is 43.4 Å². The molecule has 2 rings (SSSR count). The van der Waals surface area contributed by atoms with E-state index in [0.717, 1.165) is 6.61 Å². The van der Waals surface area contributed by atoms with E-state index in [2.05, 4.69) is 6.92 Å². The first-order valence-electron chi connectivity index (χ1n) is 6.31. The fourth-order valence-electron chi connectivity index (χ4n) is 2.78. The smallest absolute Gasteiger partial charge is 0.130 e. The van der Waals surface area contributed by atoms with Gasteiger partial charge in [-0.3, -0.25) is 0 Å². The molecule has 90 valence electrons. The molecule has 0 aromatic rings. The number of unbranched alkanes of at least 4 members (excludes halogenated alkanes) is 1. The molecule has 2 saturated heterocycles. The summed E-state index contributed by atoms with van der Waals surface area (Å²) in [6, 6.07) is 0. The highest BCUT2D eigenvalue weighted by atomic mass is 79.9. The predicted octanol–water partition coefficient (Wildman–Crippen LogP) is -0.810. The number of rotatable bonds is 5. The van der Waals surface area contributed by atoms with Gasteiger partial charge < -0.3 is 26.2 Å². The van der Waals surface area contributed by atoms with Gasteiger partial charge in [0.2, 0.25) is 0 Å². The van der Waals surface area contributed by atoms with Crippen LogP contribution in [0.4, 0.5) is 0 Å². The first kappa shape index (κ1) is 13.5. The molecule has 0 radical (unpaired) electrons. The number of epoxide rings is 1. The van der Waals surface area contributed by atoms with Gasteiger partial charge in [-0.2, -0.15) is 0 Å². The van der Waals surface area contributed by atoms with E-state index in [1.807, 2.05) is 0 Å². The molecule has 3 heteroatoms. The van der Waals surface area contributed by atoms with Crippen LogP contribution < -0.4 is 17.0 Å². The highest BCUT2D eigenvalue weighted by molar-refractivity contribution is 4.70. The maximum absolute atomic E-state index is 5.40. The zero-order valence-corrected chi connectivity index (χ0v) is 11.5. The molecule has 0 spiro atoms. The number of ether oxygens (including phenoxy) is 1. The number of piperidine rings is 1. The van der Waals surface area contributed by atoms with Crippen LogP contribution in [0.2, 0.25) is 0 Å². The number of likely N-dealkylation sites (tertiary alicyclic amines) is 1. The van der Waals surface area contributed by atoms with Crippen molar-refractivity contribution in [2.75, 3.05) is 32.8 Å². The predicted molar refractivity (Wildman–Crippen MR) is 58.2 cm³/mol. The summed E-state index contributed by atoms with van der Waals surface area (Å²) in [5, 5.41) is 0. The molecule has 1 atom stereocenters. The third kappa shape index (κ3) is 4.04. The Hall–Kier alpha value is 0.400. The molecule has 1 unspecified atom stereocenters. The highest BCUT2D eigenvalue weighted by Crippen LogP contribution is 2.24. The fraction of sp³-hybridized carbons (Fsp3) is 1.00. The molecule has 0 bridgehead atoms. The largest absolute Gasteiger partial charge is 1.00 e. The standard InChI is InChI=1S/C12H24NO.BrH/c1-2-3-7-13(10-12-11-14-12)8-5-4-6-9-13;/h12H,2-11H2,1H3;1H/q+1;/p-1. The molecule has 15 heavy (non-hydrogen) atoms. The van der Waals surface area contributed by atoms with Crippen molar-refractivity contribution in [3.8, 4) is 0 Å². The summed E-state index contributed by atoms with van der Waals surface area (Å²) in [6.07, 6.45) is 7.69. The van der Waals surface area contributed by atoms with Crippen molar-refractivity contribution in [2.45, 2.75) is 45.1 Å². The Morgan fingerprint density at radius 3 is 2.40 bits per heavy atom. The number of hydrogen-bond donors (Lipinski definition) is 0. The van der Waals surface area contributed by atoms with Crippen LogP contribution in [0.5, 0.6) is 0 Å². The monoisotopic (exact) mass is 277 g/mol. The molecular weight excluding hydrogens is 254 g/mol. The fourth-order valence-corrected chi connectivity index (χ4v) is 2.78. The van der Waals surface area contributed by atoms with E-state index < -0.39 is 0 Å². The van der Waals surface area contributed by atoms with Crippen LogP contribution in [-0.2, 0) is 4.74 Å². The zero-order valence-electron chi connectivity index (χ0n) is 9.88. The first-order chi connectivity index (χ1) is 6.85. The van der Waals surface area contributed by atoms with Crippen molar-refractivity contribution < 1.29 is 26.2 Å². The molecule has 2 nitrogen and oxygen atoms in total. The van der Waals surface area contributed by atoms with Crippen LogP contribution in [0.25, 0.3) is 0 Å². The van der Waals surface area contributed by atoms with Gasteiger partial charge in [0.15, 0.2) is 0 Å². The Labute approximate surface area is 104 Å². The van der Waals surface area contributed by atoms with Gasteiger partial charge >= 0.3 is 0 Å². The van der Waals surface area contributed by atoms with E-state index in [9.17, 15) is 0 Å². The van der Waals surface area contributed by atoms with Gasteiger partial charge in [0.25, 0.3) is 0 Å². The lowest BCUT2D eigenvalue weighted by Gasteiger charge is -2.41. The van der Waals surface area contributed by atoms with E-state index in [-0.39, 0.29) is 17.0 Å². The summed E-state index contributed by atoms with van der Waals surface area (Å²) in [7, 11) is 0. The molecule has 0 aromatic heterocycles. The Bertz CT molecular complexity index is 176. The normalized spacial score (nSPS) is 28.2. The summed E-state index contributed by atoms with van der Waals surface area (Å²) in [4.78, 5) is 0. The average Bonchev–Trinajstić information content (AvgIpc) is 3.00. The summed E-state index contributed by atoms with van der Waals surface area (Å²) < 4.78 is 6.77. The third-order valence-corrected chi connectivity index (χ3v) is 3.74. The number of quaternary nitrogens is 1. The highest BCUT2D eigenvalue weighted by Gasteiger charge is 2.37. The second-order valence-corrected chi connectivity index (χ2v) is 5.06. The minimum absolute atomic E-state index is 0. The van der Waals surface area contributed by atoms with Gasteiger partial charge in [0.1, 0.15) is 12.6 Å². The Balaban J connectivity index is 0.00000112. The summed E-state index contributed by atoms with van der Waals surface area (Å²) >= 11 is 0. The summed E-state index contributed by atoms with van der Waals surface area (Å²) in [6.45, 7) is 8.87. The summed E-state index contributed by atoms with van der Waals surface area (Å²) in [5.41, 5.74) is 0. The van der Waals surface area contributed by atoms with Crippen LogP contribution in [0.15, 0.2) is 0 Å². The molecule has 2 aliphatic rings. The van der Waals surface area contributed by atoms with Crippen molar-refractivity contribution in [1.29, 1.82) is 0 Å². The Morgan fingerprint density at radius 1 is 1.20 bits per heavy atom. The average molecular weight is 278 g/mol. The number of hydrogen-bond acceptors (Lipinski definition) is 1. The molecule has 0 aromatic carbocycles. The van der Waals surface area contributed by atoms with Gasteiger partial charge in [0.05, 0.1) is 26.2 Å². The Morgan fingerprint density at radius 2 is 1.87 bits per heavy atom. The minimum atomic E-state index is 0. The van der Waals surface area contributed by atoms with Gasteiger partial charge in [-0.1, -0.05) is 13.3 Å². The molecule has 0 aliphatic carbocycles. The molecule has 0 N–H and O–H groups in total. The van der Waals surface area contributed by atoms with E-state index in [4.69, 9.17) is 4.74 Å². The van der Waals surface area contributed by atoms with Crippen LogP contribution >= 0.6 is 0 Å². The number of halogens is 1. The zero-order chi connectivity index (χ0) is 9.86. The van der Waals surface area contributed by atoms with Crippen molar-refractivity contribution >= 4 is 0 Å². The quantitative estimate of drug-likeness (QED) is 0.473. The summed E-state index contributed by atoms with van der Waals surface area (Å²) in [5.74, 6) is 0. The second kappa shape index (κ2) is 6.21. The topological polar surface area (TPSA) is 12.5 Å². The van der Waals surface area contributed by atoms with Crippen molar-refractivity contribution in [3.05, 3.63) is 0 Å². The molecule has 2 fully saturated rings. The van der Waals surface area contributed by atoms with Crippen LogP contribution in [0, 0.1) is 0 Å². The van der Waals surface area contributed by atoms with Gasteiger partial charge in [0, 0.05) is 0 Å². The van der Waals surface area contributed by atoms with E-state index in [1.54, 1.807) is 0 Å². The maximum atomic E-state index is 5.40. The number of nitrogens with zero attached hydrogens (tertiary/aromatic N) is 1. The maximum Gasteiger partial charge on any atom is 0.130 e. The lowest BCUT2D eigenvalue weighted by atomic mass is 10.1. The minimum Gasteiger partial charge on any atom is -1.00 e.